The van der Waals surface area contributed by atoms with E-state index in [1.165, 1.54) is 31.2 Å². The molecular formula is C27H33N5O. The van der Waals surface area contributed by atoms with Crippen LogP contribution in [0.2, 0.25) is 0 Å². The number of carbonyl (C=O) groups is 1. The molecule has 1 saturated heterocycles. The van der Waals surface area contributed by atoms with Gasteiger partial charge in [-0.1, -0.05) is 57.9 Å². The molecule has 3 aromatic rings. The fourth-order valence-corrected chi connectivity index (χ4v) is 4.02. The van der Waals surface area contributed by atoms with Gasteiger partial charge in [0.2, 0.25) is 0 Å². The summed E-state index contributed by atoms with van der Waals surface area (Å²) in [4.78, 5) is 14.7. The second-order valence-electron chi connectivity index (χ2n) is 9.66. The predicted molar refractivity (Wildman–Crippen MR) is 136 cm³/mol. The van der Waals surface area contributed by atoms with Crippen molar-refractivity contribution in [3.63, 3.8) is 0 Å². The number of nitrogens with zero attached hydrogens (tertiary/aromatic N) is 3. The summed E-state index contributed by atoms with van der Waals surface area (Å²) in [5, 5.41) is 14.6. The minimum atomic E-state index is -0.271. The fourth-order valence-electron chi connectivity index (χ4n) is 4.02. The average Bonchev–Trinajstić information content (AvgIpc) is 3.09. The molecule has 2 heterocycles. The van der Waals surface area contributed by atoms with Gasteiger partial charge in [-0.25, -0.2) is 4.79 Å². The van der Waals surface area contributed by atoms with Gasteiger partial charge in [-0.2, -0.15) is 0 Å². The maximum Gasteiger partial charge on any atom is 0.323 e. The maximum atomic E-state index is 12.4. The molecule has 0 unspecified atom stereocenters. The van der Waals surface area contributed by atoms with Gasteiger partial charge in [0, 0.05) is 30.0 Å². The number of benzene rings is 2. The van der Waals surface area contributed by atoms with Gasteiger partial charge in [0.05, 0.1) is 5.69 Å². The van der Waals surface area contributed by atoms with E-state index < -0.39 is 0 Å². The second kappa shape index (κ2) is 10.0. The first-order chi connectivity index (χ1) is 15.9. The number of carbonyl (C=O) groups excluding carboxylic acids is 1. The van der Waals surface area contributed by atoms with Crippen LogP contribution < -0.4 is 15.5 Å². The van der Waals surface area contributed by atoms with Gasteiger partial charge in [0.15, 0.2) is 5.82 Å². The zero-order chi connectivity index (χ0) is 23.3. The van der Waals surface area contributed by atoms with Crippen molar-refractivity contribution in [1.82, 2.24) is 10.2 Å². The molecule has 172 valence electrons. The lowest BCUT2D eigenvalue weighted by Gasteiger charge is -2.20. The molecule has 0 radical (unpaired) electrons. The lowest BCUT2D eigenvalue weighted by atomic mass is 9.87. The summed E-state index contributed by atoms with van der Waals surface area (Å²) in [6.07, 6.45) is 5.02. The van der Waals surface area contributed by atoms with Gasteiger partial charge in [-0.3, -0.25) is 0 Å². The molecule has 4 rings (SSSR count). The van der Waals surface area contributed by atoms with E-state index in [0.29, 0.717) is 0 Å². The highest BCUT2D eigenvalue weighted by molar-refractivity contribution is 5.99. The Balaban J connectivity index is 1.34. The number of nitrogens with one attached hydrogen (secondary N) is 2. The van der Waals surface area contributed by atoms with Crippen LogP contribution in [0.15, 0.2) is 60.7 Å². The molecule has 0 saturated carbocycles. The molecule has 0 spiro atoms. The fraction of sp³-hybridized carbons (Fsp3) is 0.370. The molecular weight excluding hydrogens is 410 g/mol. The van der Waals surface area contributed by atoms with E-state index in [9.17, 15) is 4.79 Å². The molecule has 2 N–H and O–H groups in total. The number of urea groups is 1. The molecule has 6 nitrogen and oxygen atoms in total. The first-order valence-corrected chi connectivity index (χ1v) is 11.8. The van der Waals surface area contributed by atoms with E-state index in [1.807, 2.05) is 54.6 Å². The highest BCUT2D eigenvalue weighted by Crippen LogP contribution is 2.24. The monoisotopic (exact) mass is 443 g/mol. The number of rotatable bonds is 4. The number of hydrogen-bond acceptors (Lipinski definition) is 4. The van der Waals surface area contributed by atoms with Crippen molar-refractivity contribution in [2.24, 2.45) is 0 Å². The van der Waals surface area contributed by atoms with Crippen LogP contribution in [0.5, 0.6) is 0 Å². The molecule has 0 bridgehead atoms. The van der Waals surface area contributed by atoms with Gasteiger partial charge >= 0.3 is 6.03 Å². The highest BCUT2D eigenvalue weighted by atomic mass is 16.2. The van der Waals surface area contributed by atoms with Gasteiger partial charge in [0.25, 0.3) is 0 Å². The molecule has 1 aliphatic rings. The van der Waals surface area contributed by atoms with Gasteiger partial charge in [0.1, 0.15) is 0 Å². The summed E-state index contributed by atoms with van der Waals surface area (Å²) in [7, 11) is 0. The van der Waals surface area contributed by atoms with Crippen molar-refractivity contribution >= 4 is 23.2 Å². The molecule has 1 fully saturated rings. The third-order valence-corrected chi connectivity index (χ3v) is 6.03. The van der Waals surface area contributed by atoms with Crippen molar-refractivity contribution in [3.8, 4) is 11.3 Å². The van der Waals surface area contributed by atoms with E-state index >= 15 is 0 Å². The third-order valence-electron chi connectivity index (χ3n) is 6.03. The van der Waals surface area contributed by atoms with Crippen LogP contribution in [0.4, 0.5) is 22.0 Å². The van der Waals surface area contributed by atoms with E-state index in [4.69, 9.17) is 0 Å². The van der Waals surface area contributed by atoms with Gasteiger partial charge < -0.3 is 15.5 Å². The van der Waals surface area contributed by atoms with Crippen molar-refractivity contribution in [2.45, 2.75) is 51.9 Å². The maximum absolute atomic E-state index is 12.4. The van der Waals surface area contributed by atoms with Crippen LogP contribution in [0, 0.1) is 0 Å². The Kier molecular flexibility index (Phi) is 6.92. The zero-order valence-electron chi connectivity index (χ0n) is 19.8. The topological polar surface area (TPSA) is 70.2 Å². The van der Waals surface area contributed by atoms with Crippen molar-refractivity contribution in [2.75, 3.05) is 28.6 Å². The summed E-state index contributed by atoms with van der Waals surface area (Å²) >= 11 is 0. The Labute approximate surface area is 196 Å². The van der Waals surface area contributed by atoms with Gasteiger partial charge in [-0.05, 0) is 60.2 Å². The summed E-state index contributed by atoms with van der Waals surface area (Å²) in [5.41, 5.74) is 4.58. The average molecular weight is 444 g/mol. The van der Waals surface area contributed by atoms with Gasteiger partial charge in [-0.15, -0.1) is 10.2 Å². The number of amides is 2. The smallest absolute Gasteiger partial charge is 0.323 e. The predicted octanol–water partition coefficient (Wildman–Crippen LogP) is 6.47. The van der Waals surface area contributed by atoms with Crippen LogP contribution >= 0.6 is 0 Å². The first kappa shape index (κ1) is 22.8. The standard InChI is InChI=1S/C27H33N5O/c1-27(2,3)21-10-14-23(15-11-21)29-26(33)28-22-12-8-20(9-13-22)24-16-17-25(31-30-24)32-18-6-4-5-7-19-32/h8-17H,4-7,18-19H2,1-3H3,(H2,28,29,33). The zero-order valence-corrected chi connectivity index (χ0v) is 19.8. The largest absolute Gasteiger partial charge is 0.355 e. The summed E-state index contributed by atoms with van der Waals surface area (Å²) in [6, 6.07) is 19.4. The second-order valence-corrected chi connectivity index (χ2v) is 9.66. The molecule has 2 amide bonds. The Morgan fingerprint density at radius 3 is 1.85 bits per heavy atom. The van der Waals surface area contributed by atoms with Crippen LogP contribution in [0.1, 0.15) is 52.0 Å². The molecule has 1 aromatic heterocycles. The molecule has 0 aliphatic carbocycles. The highest BCUT2D eigenvalue weighted by Gasteiger charge is 2.14. The lowest BCUT2D eigenvalue weighted by molar-refractivity contribution is 0.262. The lowest BCUT2D eigenvalue weighted by Crippen LogP contribution is -2.25. The van der Waals surface area contributed by atoms with E-state index in [1.54, 1.807) is 0 Å². The van der Waals surface area contributed by atoms with Crippen LogP contribution in [-0.4, -0.2) is 29.3 Å². The Morgan fingerprint density at radius 2 is 1.33 bits per heavy atom. The molecule has 33 heavy (non-hydrogen) atoms. The van der Waals surface area contributed by atoms with Crippen molar-refractivity contribution < 1.29 is 4.79 Å². The van der Waals surface area contributed by atoms with Crippen LogP contribution in [0.3, 0.4) is 0 Å². The van der Waals surface area contributed by atoms with Crippen molar-refractivity contribution in [3.05, 3.63) is 66.2 Å². The number of hydrogen-bond donors (Lipinski definition) is 2. The Hall–Kier alpha value is -3.41. The van der Waals surface area contributed by atoms with Crippen molar-refractivity contribution in [1.29, 1.82) is 0 Å². The number of aromatic nitrogens is 2. The summed E-state index contributed by atoms with van der Waals surface area (Å²) in [5.74, 6) is 0.950. The molecule has 1 aliphatic heterocycles. The summed E-state index contributed by atoms with van der Waals surface area (Å²) < 4.78 is 0. The molecule has 2 aromatic carbocycles. The molecule has 6 heteroatoms. The van der Waals surface area contributed by atoms with E-state index in [0.717, 1.165) is 41.5 Å². The third kappa shape index (κ3) is 6.09. The normalized spacial score (nSPS) is 14.5. The minimum absolute atomic E-state index is 0.0835. The molecule has 0 atom stereocenters. The number of anilines is 3. The Morgan fingerprint density at radius 1 is 0.758 bits per heavy atom. The first-order valence-electron chi connectivity index (χ1n) is 11.8. The van der Waals surface area contributed by atoms with E-state index in [2.05, 4.69) is 52.6 Å². The van der Waals surface area contributed by atoms with Crippen LogP contribution in [-0.2, 0) is 5.41 Å². The van der Waals surface area contributed by atoms with Crippen LogP contribution in [0.25, 0.3) is 11.3 Å². The quantitative estimate of drug-likeness (QED) is 0.485. The summed E-state index contributed by atoms with van der Waals surface area (Å²) in [6.45, 7) is 8.61. The SMILES string of the molecule is CC(C)(C)c1ccc(NC(=O)Nc2ccc(-c3ccc(N4CCCCCC4)nn3)cc2)cc1. The van der Waals surface area contributed by atoms with E-state index in [-0.39, 0.29) is 11.4 Å². The minimum Gasteiger partial charge on any atom is -0.355 e. The Bertz CT molecular complexity index is 1050.